The summed E-state index contributed by atoms with van der Waals surface area (Å²) in [6.45, 7) is 5.11. The van der Waals surface area contributed by atoms with Crippen molar-refractivity contribution in [3.8, 4) is 23.3 Å². The first-order chi connectivity index (χ1) is 20.8. The fraction of sp³-hybridized carbons (Fsp3) is 0.194. The molecule has 219 valence electrons. The van der Waals surface area contributed by atoms with Crippen molar-refractivity contribution in [1.82, 2.24) is 0 Å². The molecule has 0 aliphatic rings. The molecule has 7 nitrogen and oxygen atoms in total. The van der Waals surface area contributed by atoms with Gasteiger partial charge >= 0.3 is 5.97 Å². The Morgan fingerprint density at radius 1 is 0.791 bits per heavy atom. The summed E-state index contributed by atoms with van der Waals surface area (Å²) in [4.78, 5) is 12.7. The maximum Gasteiger partial charge on any atom is 0.330 e. The van der Waals surface area contributed by atoms with Gasteiger partial charge in [-0.3, -0.25) is 0 Å². The van der Waals surface area contributed by atoms with Crippen LogP contribution in [-0.2, 0) is 22.4 Å². The van der Waals surface area contributed by atoms with E-state index in [0.29, 0.717) is 55.2 Å². The summed E-state index contributed by atoms with van der Waals surface area (Å²) < 4.78 is 17.2. The lowest BCUT2D eigenvalue weighted by Crippen LogP contribution is -2.30. The molecule has 0 amide bonds. The van der Waals surface area contributed by atoms with E-state index in [2.05, 4.69) is 13.0 Å². The number of nitrogens with two attached hydrogens (primary N) is 2. The number of hydrogen-bond acceptors (Lipinski definition) is 7. The summed E-state index contributed by atoms with van der Waals surface area (Å²) in [7, 11) is 0. The molecule has 4 N–H and O–H groups in total. The summed E-state index contributed by atoms with van der Waals surface area (Å²) >= 11 is 0. The average Bonchev–Trinajstić information content (AvgIpc) is 3.01. The molecule has 0 unspecified atom stereocenters. The summed E-state index contributed by atoms with van der Waals surface area (Å²) in [5, 5.41) is 8.60. The van der Waals surface area contributed by atoms with Crippen LogP contribution in [0.25, 0.3) is 6.08 Å². The molecule has 0 heterocycles. The Kier molecular flexibility index (Phi) is 10.8. The normalized spacial score (nSPS) is 11.2. The minimum Gasteiger partial charge on any atom is -0.494 e. The molecule has 0 spiro atoms. The van der Waals surface area contributed by atoms with Crippen LogP contribution in [0.5, 0.6) is 17.2 Å². The zero-order valence-electron chi connectivity index (χ0n) is 24.1. The van der Waals surface area contributed by atoms with E-state index in [9.17, 15) is 4.79 Å². The van der Waals surface area contributed by atoms with E-state index < -0.39 is 11.4 Å². The summed E-state index contributed by atoms with van der Waals surface area (Å²) in [5.41, 5.74) is 15.5. The van der Waals surface area contributed by atoms with Crippen LogP contribution in [0.3, 0.4) is 0 Å². The summed E-state index contributed by atoms with van der Waals surface area (Å²) in [6, 6.07) is 32.1. The van der Waals surface area contributed by atoms with E-state index >= 15 is 0 Å². The number of hydrogen-bond donors (Lipinski definition) is 2. The Hall–Kier alpha value is -5.22. The molecular formula is C36H36N3O4. The van der Waals surface area contributed by atoms with Crippen molar-refractivity contribution in [1.29, 1.82) is 5.26 Å². The summed E-state index contributed by atoms with van der Waals surface area (Å²) in [5.74, 6) is 1.61. The Bertz CT molecular complexity index is 1470. The second kappa shape index (κ2) is 15.1. The number of ether oxygens (including phenoxy) is 3. The number of nitriles is 1. The van der Waals surface area contributed by atoms with Gasteiger partial charge in [-0.1, -0.05) is 36.4 Å². The molecule has 0 aliphatic heterocycles. The number of nitrogen functional groups attached to an aromatic ring is 2. The van der Waals surface area contributed by atoms with E-state index in [1.807, 2.05) is 97.1 Å². The molecule has 0 saturated carbocycles. The maximum atomic E-state index is 12.7. The predicted molar refractivity (Wildman–Crippen MR) is 170 cm³/mol. The molecule has 4 rings (SSSR count). The fourth-order valence-electron chi connectivity index (χ4n) is 4.47. The van der Waals surface area contributed by atoms with Crippen LogP contribution in [-0.4, -0.2) is 19.2 Å². The highest BCUT2D eigenvalue weighted by molar-refractivity contribution is 5.87. The maximum absolute atomic E-state index is 12.7. The highest BCUT2D eigenvalue weighted by Gasteiger charge is 2.27. The highest BCUT2D eigenvalue weighted by atomic mass is 16.5. The second-order valence-corrected chi connectivity index (χ2v) is 10.5. The Morgan fingerprint density at radius 2 is 1.30 bits per heavy atom. The number of rotatable bonds is 14. The Morgan fingerprint density at radius 3 is 1.84 bits per heavy atom. The molecule has 0 atom stereocenters. The molecule has 1 radical (unpaired) electrons. The quantitative estimate of drug-likeness (QED) is 0.0708. The zero-order chi connectivity index (χ0) is 30.5. The lowest BCUT2D eigenvalue weighted by Gasteiger charge is -2.29. The van der Waals surface area contributed by atoms with Crippen LogP contribution in [0, 0.1) is 23.7 Å². The van der Waals surface area contributed by atoms with Gasteiger partial charge in [0.05, 0.1) is 19.3 Å². The molecule has 0 aliphatic carbocycles. The van der Waals surface area contributed by atoms with Crippen LogP contribution < -0.4 is 20.9 Å². The van der Waals surface area contributed by atoms with Crippen LogP contribution >= 0.6 is 0 Å². The Balaban J connectivity index is 1.31. The second-order valence-electron chi connectivity index (χ2n) is 10.5. The molecule has 0 saturated heterocycles. The van der Waals surface area contributed by atoms with E-state index in [-0.39, 0.29) is 6.61 Å². The van der Waals surface area contributed by atoms with Gasteiger partial charge in [-0.25, -0.2) is 4.79 Å². The standard InChI is InChI=1S/C36H36N3O4/c1-36(24-28-4-11-30(38)12-5-28,25-29-6-13-31(39)14-7-29)26-42-35(40)21-10-27-8-15-33(16-9-27)43-34-19-17-32(18-20-34)41-23-3-2-22-37/h4-21H,1-3,23-26,38-39H2/b21-10+. The molecule has 0 aromatic heterocycles. The Labute approximate surface area is 253 Å². The smallest absolute Gasteiger partial charge is 0.330 e. The number of anilines is 2. The number of benzene rings is 4. The fourth-order valence-corrected chi connectivity index (χ4v) is 4.47. The first-order valence-electron chi connectivity index (χ1n) is 14.1. The van der Waals surface area contributed by atoms with Gasteiger partial charge in [0.25, 0.3) is 0 Å². The lowest BCUT2D eigenvalue weighted by atomic mass is 9.79. The van der Waals surface area contributed by atoms with Gasteiger partial charge in [-0.15, -0.1) is 0 Å². The van der Waals surface area contributed by atoms with Crippen molar-refractivity contribution < 1.29 is 19.0 Å². The molecule has 4 aromatic rings. The van der Waals surface area contributed by atoms with E-state index in [0.717, 1.165) is 22.4 Å². The van der Waals surface area contributed by atoms with E-state index in [1.54, 1.807) is 6.08 Å². The van der Waals surface area contributed by atoms with Gasteiger partial charge in [0.2, 0.25) is 0 Å². The van der Waals surface area contributed by atoms with Crippen LogP contribution in [0.4, 0.5) is 11.4 Å². The largest absolute Gasteiger partial charge is 0.494 e. The minimum absolute atomic E-state index is 0.140. The third-order valence-corrected chi connectivity index (χ3v) is 6.69. The van der Waals surface area contributed by atoms with E-state index in [1.165, 1.54) is 6.08 Å². The van der Waals surface area contributed by atoms with Gasteiger partial charge in [0, 0.05) is 29.3 Å². The van der Waals surface area contributed by atoms with Crippen molar-refractivity contribution in [2.75, 3.05) is 24.7 Å². The predicted octanol–water partition coefficient (Wildman–Crippen LogP) is 7.19. The van der Waals surface area contributed by atoms with Crippen LogP contribution in [0.2, 0.25) is 0 Å². The number of esters is 1. The van der Waals surface area contributed by atoms with Gasteiger partial charge in [-0.05, 0) is 110 Å². The van der Waals surface area contributed by atoms with Crippen molar-refractivity contribution in [3.05, 3.63) is 127 Å². The van der Waals surface area contributed by atoms with Gasteiger partial charge in [0.15, 0.2) is 0 Å². The number of carbonyl (C=O) groups is 1. The first kappa shape index (κ1) is 30.7. The topological polar surface area (TPSA) is 121 Å². The molecule has 0 fully saturated rings. The van der Waals surface area contributed by atoms with Crippen molar-refractivity contribution in [2.24, 2.45) is 5.41 Å². The van der Waals surface area contributed by atoms with Gasteiger partial charge in [-0.2, -0.15) is 5.26 Å². The molecule has 4 aromatic carbocycles. The monoisotopic (exact) mass is 574 g/mol. The molecule has 0 bridgehead atoms. The van der Waals surface area contributed by atoms with Gasteiger partial charge in [0.1, 0.15) is 17.2 Å². The average molecular weight is 575 g/mol. The minimum atomic E-state index is -0.587. The van der Waals surface area contributed by atoms with Crippen molar-refractivity contribution >= 4 is 23.4 Å². The summed E-state index contributed by atoms with van der Waals surface area (Å²) in [6.07, 6.45) is 5.50. The molecular weight excluding hydrogens is 538 g/mol. The highest BCUT2D eigenvalue weighted by Crippen LogP contribution is 2.29. The third kappa shape index (κ3) is 10.3. The third-order valence-electron chi connectivity index (χ3n) is 6.69. The molecule has 43 heavy (non-hydrogen) atoms. The van der Waals surface area contributed by atoms with E-state index in [4.69, 9.17) is 30.9 Å². The van der Waals surface area contributed by atoms with Crippen molar-refractivity contribution in [3.63, 3.8) is 0 Å². The first-order valence-corrected chi connectivity index (χ1v) is 14.1. The number of unbranched alkanes of at least 4 members (excludes halogenated alkanes) is 1. The number of carbonyl (C=O) groups excluding carboxylic acids is 1. The van der Waals surface area contributed by atoms with Crippen LogP contribution in [0.1, 0.15) is 29.5 Å². The molecule has 7 heteroatoms. The zero-order valence-corrected chi connectivity index (χ0v) is 24.1. The van der Waals surface area contributed by atoms with Crippen LogP contribution in [0.15, 0.2) is 103 Å². The number of nitrogens with zero attached hydrogens (tertiary/aromatic N) is 1. The lowest BCUT2D eigenvalue weighted by molar-refractivity contribution is -0.140. The SMILES string of the molecule is [CH2]C(COC(=O)/C=C/c1ccc(Oc2ccc(OCCCC#N)cc2)cc1)(Cc1ccc(N)cc1)Cc1ccc(N)cc1. The van der Waals surface area contributed by atoms with Crippen molar-refractivity contribution in [2.45, 2.75) is 25.7 Å². The van der Waals surface area contributed by atoms with Gasteiger partial charge < -0.3 is 25.7 Å².